The summed E-state index contributed by atoms with van der Waals surface area (Å²) < 4.78 is 30.9. The highest BCUT2D eigenvalue weighted by Gasteiger charge is 2.29. The minimum atomic E-state index is -3.72. The lowest BCUT2D eigenvalue weighted by molar-refractivity contribution is 0.140. The Morgan fingerprint density at radius 1 is 0.971 bits per heavy atom. The predicted molar refractivity (Wildman–Crippen MR) is 136 cm³/mol. The van der Waals surface area contributed by atoms with Gasteiger partial charge in [0, 0.05) is 11.3 Å². The third-order valence-corrected chi connectivity index (χ3v) is 7.47. The number of sulfone groups is 1. The number of ether oxygens (including phenoxy) is 1. The van der Waals surface area contributed by atoms with Crippen LogP contribution in [0.1, 0.15) is 37.3 Å². The maximum atomic E-state index is 12.7. The van der Waals surface area contributed by atoms with Crippen LogP contribution in [0.25, 0.3) is 11.1 Å². The average Bonchev–Trinajstić information content (AvgIpc) is 3.15. The van der Waals surface area contributed by atoms with Gasteiger partial charge in [0.15, 0.2) is 9.84 Å². The van der Waals surface area contributed by atoms with Crippen LogP contribution in [0.2, 0.25) is 0 Å². The molecule has 1 atom stereocenters. The molecule has 0 unspecified atom stereocenters. The quantitative estimate of drug-likeness (QED) is 0.426. The van der Waals surface area contributed by atoms with Crippen LogP contribution in [-0.2, 0) is 14.6 Å². The van der Waals surface area contributed by atoms with Crippen molar-refractivity contribution < 1.29 is 23.1 Å². The summed E-state index contributed by atoms with van der Waals surface area (Å²) >= 11 is 0. The Kier molecular flexibility index (Phi) is 7.26. The summed E-state index contributed by atoms with van der Waals surface area (Å²) in [5.74, 6) is 0.152. The van der Waals surface area contributed by atoms with E-state index in [0.717, 1.165) is 27.7 Å². The molecule has 1 aliphatic rings. The van der Waals surface area contributed by atoms with Gasteiger partial charge in [-0.25, -0.2) is 13.2 Å². The summed E-state index contributed by atoms with van der Waals surface area (Å²) in [6.45, 7) is 4.17. The lowest BCUT2D eigenvalue weighted by Crippen LogP contribution is -2.35. The van der Waals surface area contributed by atoms with Crippen LogP contribution in [0.5, 0.6) is 5.75 Å². The van der Waals surface area contributed by atoms with Gasteiger partial charge in [0.05, 0.1) is 10.9 Å². The van der Waals surface area contributed by atoms with Crippen molar-refractivity contribution in [1.29, 1.82) is 0 Å². The van der Waals surface area contributed by atoms with Gasteiger partial charge in [-0.05, 0) is 58.9 Å². The van der Waals surface area contributed by atoms with Gasteiger partial charge in [0.1, 0.15) is 12.4 Å². The van der Waals surface area contributed by atoms with Gasteiger partial charge in [0.2, 0.25) is 0 Å². The van der Waals surface area contributed by atoms with Gasteiger partial charge in [-0.1, -0.05) is 68.5 Å². The topological polar surface area (TPSA) is 92.7 Å². The van der Waals surface area contributed by atoms with Crippen LogP contribution in [0, 0.1) is 5.92 Å². The largest absolute Gasteiger partial charge is 0.508 e. The zero-order valence-electron chi connectivity index (χ0n) is 19.7. The third kappa shape index (κ3) is 5.74. The number of hydrogen-bond donors (Lipinski definition) is 2. The standard InChI is InChI=1S/C28H29NO5S/c1-19(2)17-20(15-16-35(32,33)22-13-11-21(30)12-14-22)29-28(31)34-18-27-25-9-5-3-7-23(25)24-8-4-6-10-26(24)27/h3-16,19-20,27,30H,17-18H2,1-2H3,(H,29,31)/b16-15+/t20-/m1/s1. The third-order valence-electron chi connectivity index (χ3n) is 6.03. The van der Waals surface area contributed by atoms with E-state index in [0.29, 0.717) is 6.42 Å². The molecule has 0 saturated carbocycles. The number of hydrogen-bond acceptors (Lipinski definition) is 5. The molecule has 0 aliphatic heterocycles. The monoisotopic (exact) mass is 491 g/mol. The Labute approximate surface area is 206 Å². The van der Waals surface area contributed by atoms with E-state index >= 15 is 0 Å². The first kappa shape index (κ1) is 24.5. The molecule has 1 amide bonds. The Morgan fingerprint density at radius 3 is 2.11 bits per heavy atom. The van der Waals surface area contributed by atoms with Crippen LogP contribution in [0.3, 0.4) is 0 Å². The smallest absolute Gasteiger partial charge is 0.407 e. The Hall–Kier alpha value is -3.58. The van der Waals surface area contributed by atoms with Gasteiger partial charge in [-0.3, -0.25) is 0 Å². The number of phenols is 1. The first-order chi connectivity index (χ1) is 16.7. The second-order valence-corrected chi connectivity index (χ2v) is 10.9. The lowest BCUT2D eigenvalue weighted by Gasteiger charge is -2.19. The molecule has 0 fully saturated rings. The van der Waals surface area contributed by atoms with Crippen molar-refractivity contribution in [2.24, 2.45) is 5.92 Å². The second-order valence-electron chi connectivity index (χ2n) is 9.07. The van der Waals surface area contributed by atoms with E-state index < -0.39 is 22.0 Å². The van der Waals surface area contributed by atoms with Crippen molar-refractivity contribution in [3.05, 3.63) is 95.4 Å². The van der Waals surface area contributed by atoms with E-state index in [4.69, 9.17) is 4.74 Å². The normalized spacial score (nSPS) is 14.0. The maximum absolute atomic E-state index is 12.7. The van der Waals surface area contributed by atoms with Gasteiger partial charge in [0.25, 0.3) is 0 Å². The Balaban J connectivity index is 1.44. The maximum Gasteiger partial charge on any atom is 0.407 e. The highest BCUT2D eigenvalue weighted by Crippen LogP contribution is 2.44. The van der Waals surface area contributed by atoms with Crippen LogP contribution in [-0.4, -0.2) is 32.3 Å². The minimum absolute atomic E-state index is 0.0115. The molecule has 1 aliphatic carbocycles. The molecule has 0 heterocycles. The highest BCUT2D eigenvalue weighted by molar-refractivity contribution is 7.94. The summed E-state index contributed by atoms with van der Waals surface area (Å²) in [6, 6.07) is 21.0. The minimum Gasteiger partial charge on any atom is -0.508 e. The van der Waals surface area contributed by atoms with Crippen molar-refractivity contribution in [2.45, 2.75) is 37.1 Å². The summed E-state index contributed by atoms with van der Waals surface area (Å²) in [7, 11) is -3.72. The fraction of sp³-hybridized carbons (Fsp3) is 0.250. The zero-order chi connectivity index (χ0) is 25.0. The van der Waals surface area contributed by atoms with E-state index in [2.05, 4.69) is 29.6 Å². The fourth-order valence-electron chi connectivity index (χ4n) is 4.40. The number of alkyl carbamates (subject to hydrolysis) is 1. The number of aromatic hydroxyl groups is 1. The predicted octanol–water partition coefficient (Wildman–Crippen LogP) is 5.63. The molecular formula is C28H29NO5S. The van der Waals surface area contributed by atoms with E-state index in [1.54, 1.807) is 0 Å². The highest BCUT2D eigenvalue weighted by atomic mass is 32.2. The Morgan fingerprint density at radius 2 is 1.54 bits per heavy atom. The number of fused-ring (bicyclic) bond motifs is 3. The number of benzene rings is 3. The van der Waals surface area contributed by atoms with Crippen LogP contribution in [0.15, 0.2) is 89.2 Å². The van der Waals surface area contributed by atoms with Gasteiger partial charge in [-0.2, -0.15) is 0 Å². The molecule has 35 heavy (non-hydrogen) atoms. The summed E-state index contributed by atoms with van der Waals surface area (Å²) in [6.07, 6.45) is 1.43. The number of amides is 1. The van der Waals surface area contributed by atoms with E-state index in [9.17, 15) is 18.3 Å². The number of carbonyl (C=O) groups excluding carboxylic acids is 1. The molecular weight excluding hydrogens is 462 g/mol. The fourth-order valence-corrected chi connectivity index (χ4v) is 5.47. The van der Waals surface area contributed by atoms with Gasteiger partial charge in [-0.15, -0.1) is 0 Å². The molecule has 0 radical (unpaired) electrons. The van der Waals surface area contributed by atoms with Crippen molar-refractivity contribution in [1.82, 2.24) is 5.32 Å². The molecule has 0 aromatic heterocycles. The van der Waals surface area contributed by atoms with Crippen molar-refractivity contribution in [3.63, 3.8) is 0 Å². The molecule has 6 nitrogen and oxygen atoms in total. The van der Waals surface area contributed by atoms with Crippen LogP contribution in [0.4, 0.5) is 4.79 Å². The Bertz CT molecular complexity index is 1280. The van der Waals surface area contributed by atoms with Crippen molar-refractivity contribution in [3.8, 4) is 16.9 Å². The first-order valence-corrected chi connectivity index (χ1v) is 13.1. The van der Waals surface area contributed by atoms with Crippen molar-refractivity contribution in [2.75, 3.05) is 6.61 Å². The summed E-state index contributed by atoms with van der Waals surface area (Å²) in [5, 5.41) is 13.3. The first-order valence-electron chi connectivity index (χ1n) is 11.6. The molecule has 7 heteroatoms. The molecule has 0 bridgehead atoms. The van der Waals surface area contributed by atoms with E-state index in [1.807, 2.05) is 38.1 Å². The molecule has 0 saturated heterocycles. The molecule has 0 spiro atoms. The molecule has 3 aromatic carbocycles. The second kappa shape index (κ2) is 10.4. The van der Waals surface area contributed by atoms with Gasteiger partial charge < -0.3 is 15.2 Å². The van der Waals surface area contributed by atoms with Crippen LogP contribution >= 0.6 is 0 Å². The molecule has 2 N–H and O–H groups in total. The zero-order valence-corrected chi connectivity index (χ0v) is 20.5. The molecule has 3 aromatic rings. The number of rotatable bonds is 8. The number of nitrogens with one attached hydrogen (secondary N) is 1. The van der Waals surface area contributed by atoms with E-state index in [-0.39, 0.29) is 29.1 Å². The number of carbonyl (C=O) groups is 1. The summed E-state index contributed by atoms with van der Waals surface area (Å²) in [5.41, 5.74) is 4.55. The van der Waals surface area contributed by atoms with E-state index in [1.165, 1.54) is 30.3 Å². The van der Waals surface area contributed by atoms with Gasteiger partial charge >= 0.3 is 6.09 Å². The lowest BCUT2D eigenvalue weighted by atomic mass is 9.98. The average molecular weight is 492 g/mol. The summed E-state index contributed by atoms with van der Waals surface area (Å²) in [4.78, 5) is 12.8. The van der Waals surface area contributed by atoms with Crippen molar-refractivity contribution >= 4 is 15.9 Å². The molecule has 4 rings (SSSR count). The SMILES string of the molecule is CC(C)C[C@@H](/C=C/S(=O)(=O)c1ccc(O)cc1)NC(=O)OCC1c2ccccc2-c2ccccc21. The molecule has 182 valence electrons. The van der Waals surface area contributed by atoms with Crippen LogP contribution < -0.4 is 5.32 Å². The number of phenolic OH excluding ortho intramolecular Hbond substituents is 1.